The van der Waals surface area contributed by atoms with Crippen LogP contribution in [0.1, 0.15) is 38.3 Å². The topological polar surface area (TPSA) is 42.2 Å². The fourth-order valence-corrected chi connectivity index (χ4v) is 2.01. The third-order valence-corrected chi connectivity index (χ3v) is 3.16. The van der Waals surface area contributed by atoms with E-state index in [-0.39, 0.29) is 6.04 Å². The number of rotatable bonds is 5. The molecule has 1 aliphatic rings. The van der Waals surface area contributed by atoms with E-state index in [2.05, 4.69) is 22.9 Å². The monoisotopic (exact) mass is 219 g/mol. The average molecular weight is 219 g/mol. The van der Waals surface area contributed by atoms with Crippen LogP contribution in [0.3, 0.4) is 0 Å². The molecule has 0 spiro atoms. The second-order valence-electron chi connectivity index (χ2n) is 4.69. The summed E-state index contributed by atoms with van der Waals surface area (Å²) in [6.45, 7) is 6.34. The molecule has 0 aromatic carbocycles. The highest BCUT2D eigenvalue weighted by Gasteiger charge is 2.25. The summed E-state index contributed by atoms with van der Waals surface area (Å²) in [7, 11) is 0. The summed E-state index contributed by atoms with van der Waals surface area (Å²) in [6.07, 6.45) is 4.60. The Labute approximate surface area is 97.7 Å². The molecule has 1 fully saturated rings. The van der Waals surface area contributed by atoms with Crippen LogP contribution in [0.4, 0.5) is 5.82 Å². The molecule has 2 rings (SSSR count). The Morgan fingerprint density at radius 3 is 2.88 bits per heavy atom. The first-order valence-corrected chi connectivity index (χ1v) is 6.17. The highest BCUT2D eigenvalue weighted by atomic mass is 15.2. The van der Waals surface area contributed by atoms with Crippen LogP contribution in [0.5, 0.6) is 0 Å². The van der Waals surface area contributed by atoms with Crippen LogP contribution >= 0.6 is 0 Å². The van der Waals surface area contributed by atoms with Crippen LogP contribution in [0.25, 0.3) is 0 Å². The molecule has 0 radical (unpaired) electrons. The molecule has 1 saturated carbocycles. The van der Waals surface area contributed by atoms with Gasteiger partial charge in [-0.15, -0.1) is 0 Å². The molecule has 1 aromatic rings. The Balaban J connectivity index is 2.21. The molecule has 1 heterocycles. The van der Waals surface area contributed by atoms with Gasteiger partial charge in [0.25, 0.3) is 0 Å². The van der Waals surface area contributed by atoms with E-state index in [9.17, 15) is 0 Å². The van der Waals surface area contributed by atoms with Crippen LogP contribution in [-0.2, 0) is 0 Å². The summed E-state index contributed by atoms with van der Waals surface area (Å²) in [6, 6.07) is 4.10. The number of pyridine rings is 1. The van der Waals surface area contributed by atoms with Crippen molar-refractivity contribution in [1.82, 2.24) is 4.98 Å². The van der Waals surface area contributed by atoms with Gasteiger partial charge in [0.15, 0.2) is 0 Å². The highest BCUT2D eigenvalue weighted by molar-refractivity contribution is 5.48. The van der Waals surface area contributed by atoms with Gasteiger partial charge in [-0.25, -0.2) is 4.98 Å². The number of hydrogen-bond donors (Lipinski definition) is 1. The Hall–Kier alpha value is -1.09. The lowest BCUT2D eigenvalue weighted by Crippen LogP contribution is -2.28. The molecule has 88 valence electrons. The third-order valence-electron chi connectivity index (χ3n) is 3.16. The molecule has 1 aromatic heterocycles. The zero-order valence-electron chi connectivity index (χ0n) is 10.2. The summed E-state index contributed by atoms with van der Waals surface area (Å²) in [5.41, 5.74) is 7.14. The van der Waals surface area contributed by atoms with Crippen molar-refractivity contribution in [3.63, 3.8) is 0 Å². The van der Waals surface area contributed by atoms with E-state index in [1.54, 1.807) is 0 Å². The van der Waals surface area contributed by atoms with Gasteiger partial charge in [0.1, 0.15) is 5.82 Å². The number of nitrogens with two attached hydrogens (primary N) is 1. The SMILES string of the molecule is CCN(CC1CC1)c1ncccc1C(C)N. The second kappa shape index (κ2) is 4.83. The van der Waals surface area contributed by atoms with Crippen molar-refractivity contribution >= 4 is 5.82 Å². The van der Waals surface area contributed by atoms with Gasteiger partial charge >= 0.3 is 0 Å². The number of nitrogens with zero attached hydrogens (tertiary/aromatic N) is 2. The first kappa shape index (κ1) is 11.4. The molecule has 3 nitrogen and oxygen atoms in total. The van der Waals surface area contributed by atoms with Crippen molar-refractivity contribution < 1.29 is 0 Å². The van der Waals surface area contributed by atoms with E-state index in [4.69, 9.17) is 5.73 Å². The van der Waals surface area contributed by atoms with E-state index in [1.807, 2.05) is 19.2 Å². The molecule has 1 aliphatic carbocycles. The quantitative estimate of drug-likeness (QED) is 0.826. The van der Waals surface area contributed by atoms with Gasteiger partial charge < -0.3 is 10.6 Å². The maximum absolute atomic E-state index is 5.99. The van der Waals surface area contributed by atoms with Crippen LogP contribution in [0.15, 0.2) is 18.3 Å². The highest BCUT2D eigenvalue weighted by Crippen LogP contribution is 2.32. The maximum atomic E-state index is 5.99. The molecule has 3 heteroatoms. The van der Waals surface area contributed by atoms with Crippen LogP contribution < -0.4 is 10.6 Å². The third kappa shape index (κ3) is 2.53. The van der Waals surface area contributed by atoms with Crippen molar-refractivity contribution in [1.29, 1.82) is 0 Å². The predicted octanol–water partition coefficient (Wildman–Crippen LogP) is 2.34. The standard InChI is InChI=1S/C13H21N3/c1-3-16(9-11-6-7-11)13-12(10(2)14)5-4-8-15-13/h4-5,8,10-11H,3,6-7,9,14H2,1-2H3. The lowest BCUT2D eigenvalue weighted by molar-refractivity contribution is 0.714. The fourth-order valence-electron chi connectivity index (χ4n) is 2.01. The zero-order chi connectivity index (χ0) is 11.5. The smallest absolute Gasteiger partial charge is 0.133 e. The normalized spacial score (nSPS) is 17.2. The molecule has 2 N–H and O–H groups in total. The Morgan fingerprint density at radius 2 is 2.31 bits per heavy atom. The molecule has 0 aliphatic heterocycles. The van der Waals surface area contributed by atoms with E-state index in [0.717, 1.165) is 30.4 Å². The Morgan fingerprint density at radius 1 is 1.56 bits per heavy atom. The first-order chi connectivity index (χ1) is 7.72. The Bertz CT molecular complexity index is 345. The summed E-state index contributed by atoms with van der Waals surface area (Å²) >= 11 is 0. The molecular weight excluding hydrogens is 198 g/mol. The lowest BCUT2D eigenvalue weighted by atomic mass is 10.1. The minimum absolute atomic E-state index is 0.0527. The van der Waals surface area contributed by atoms with Crippen molar-refractivity contribution in [2.75, 3.05) is 18.0 Å². The molecule has 0 bridgehead atoms. The number of aromatic nitrogens is 1. The minimum Gasteiger partial charge on any atom is -0.356 e. The van der Waals surface area contributed by atoms with E-state index >= 15 is 0 Å². The van der Waals surface area contributed by atoms with E-state index in [1.165, 1.54) is 12.8 Å². The van der Waals surface area contributed by atoms with Crippen molar-refractivity contribution in [2.45, 2.75) is 32.7 Å². The summed E-state index contributed by atoms with van der Waals surface area (Å²) < 4.78 is 0. The van der Waals surface area contributed by atoms with E-state index < -0.39 is 0 Å². The summed E-state index contributed by atoms with van der Waals surface area (Å²) in [4.78, 5) is 6.86. The van der Waals surface area contributed by atoms with Crippen LogP contribution in [0, 0.1) is 5.92 Å². The van der Waals surface area contributed by atoms with Crippen molar-refractivity contribution in [3.8, 4) is 0 Å². The van der Waals surface area contributed by atoms with Gasteiger partial charge in [0.2, 0.25) is 0 Å². The Kier molecular flexibility index (Phi) is 3.44. The molecular formula is C13H21N3. The molecule has 1 unspecified atom stereocenters. The van der Waals surface area contributed by atoms with Crippen LogP contribution in [-0.4, -0.2) is 18.1 Å². The average Bonchev–Trinajstić information content (AvgIpc) is 3.09. The van der Waals surface area contributed by atoms with Gasteiger partial charge in [-0.2, -0.15) is 0 Å². The second-order valence-corrected chi connectivity index (χ2v) is 4.69. The van der Waals surface area contributed by atoms with Gasteiger partial charge in [-0.05, 0) is 38.7 Å². The molecule has 0 saturated heterocycles. The number of hydrogen-bond acceptors (Lipinski definition) is 3. The number of anilines is 1. The van der Waals surface area contributed by atoms with Crippen molar-refractivity contribution in [2.24, 2.45) is 11.7 Å². The maximum Gasteiger partial charge on any atom is 0.133 e. The largest absolute Gasteiger partial charge is 0.356 e. The van der Waals surface area contributed by atoms with Crippen molar-refractivity contribution in [3.05, 3.63) is 23.9 Å². The first-order valence-electron chi connectivity index (χ1n) is 6.17. The predicted molar refractivity (Wildman–Crippen MR) is 67.5 cm³/mol. The molecule has 1 atom stereocenters. The lowest BCUT2D eigenvalue weighted by Gasteiger charge is -2.25. The van der Waals surface area contributed by atoms with E-state index in [0.29, 0.717) is 0 Å². The zero-order valence-corrected chi connectivity index (χ0v) is 10.2. The van der Waals surface area contributed by atoms with Gasteiger partial charge in [-0.3, -0.25) is 0 Å². The van der Waals surface area contributed by atoms with Gasteiger partial charge in [0.05, 0.1) is 0 Å². The van der Waals surface area contributed by atoms with Gasteiger partial charge in [-0.1, -0.05) is 6.07 Å². The fraction of sp³-hybridized carbons (Fsp3) is 0.615. The minimum atomic E-state index is 0.0527. The molecule has 16 heavy (non-hydrogen) atoms. The molecule has 0 amide bonds. The van der Waals surface area contributed by atoms with Crippen LogP contribution in [0.2, 0.25) is 0 Å². The van der Waals surface area contributed by atoms with Gasteiger partial charge in [0, 0.05) is 30.9 Å². The summed E-state index contributed by atoms with van der Waals surface area (Å²) in [5.74, 6) is 1.95. The summed E-state index contributed by atoms with van der Waals surface area (Å²) in [5, 5.41) is 0.